The van der Waals surface area contributed by atoms with E-state index in [1.165, 1.54) is 5.56 Å². The highest BCUT2D eigenvalue weighted by atomic mass is 35.5. The van der Waals surface area contributed by atoms with E-state index in [2.05, 4.69) is 5.92 Å². The molecule has 0 bridgehead atoms. The van der Waals surface area contributed by atoms with Crippen molar-refractivity contribution < 1.29 is 4.74 Å². The molecule has 0 aliphatic carbocycles. The molecular weight excluding hydrogens is 196 g/mol. The van der Waals surface area contributed by atoms with E-state index in [4.69, 9.17) is 22.8 Å². The van der Waals surface area contributed by atoms with Crippen LogP contribution in [0.15, 0.2) is 24.3 Å². The van der Waals surface area contributed by atoms with Gasteiger partial charge in [-0.15, -0.1) is 12.3 Å². The zero-order valence-corrected chi connectivity index (χ0v) is 8.76. The summed E-state index contributed by atoms with van der Waals surface area (Å²) >= 11 is 5.76. The minimum absolute atomic E-state index is 0.643. The van der Waals surface area contributed by atoms with Gasteiger partial charge in [-0.3, -0.25) is 0 Å². The lowest BCUT2D eigenvalue weighted by Gasteiger charge is -2.02. The highest BCUT2D eigenvalue weighted by molar-refractivity contribution is 6.30. The maximum Gasteiger partial charge on any atom is 0.0575 e. The molecule has 0 N–H and O–H groups in total. The van der Waals surface area contributed by atoms with Gasteiger partial charge in [0.05, 0.1) is 13.2 Å². The zero-order chi connectivity index (χ0) is 10.2. The lowest BCUT2D eigenvalue weighted by Crippen LogP contribution is -1.99. The fraction of sp³-hybridized carbons (Fsp3) is 0.333. The summed E-state index contributed by atoms with van der Waals surface area (Å²) in [4.78, 5) is 0. The van der Waals surface area contributed by atoms with Crippen LogP contribution in [0.1, 0.15) is 12.0 Å². The zero-order valence-electron chi connectivity index (χ0n) is 8.00. The van der Waals surface area contributed by atoms with Crippen LogP contribution in [0, 0.1) is 12.3 Å². The number of hydrogen-bond acceptors (Lipinski definition) is 1. The van der Waals surface area contributed by atoms with Crippen molar-refractivity contribution in [3.63, 3.8) is 0 Å². The molecule has 0 aliphatic heterocycles. The van der Waals surface area contributed by atoms with Crippen molar-refractivity contribution in [2.45, 2.75) is 12.8 Å². The van der Waals surface area contributed by atoms with Crippen LogP contribution in [0.4, 0.5) is 0 Å². The Balaban J connectivity index is 2.19. The standard InChI is InChI=1S/C12H13ClO/c1-2-3-9-14-10-8-11-4-6-12(13)7-5-11/h1,4-7H,3,8-10H2. The van der Waals surface area contributed by atoms with Crippen molar-refractivity contribution in [1.82, 2.24) is 0 Å². The van der Waals surface area contributed by atoms with Crippen molar-refractivity contribution in [1.29, 1.82) is 0 Å². The number of rotatable bonds is 5. The van der Waals surface area contributed by atoms with E-state index < -0.39 is 0 Å². The van der Waals surface area contributed by atoms with Crippen molar-refractivity contribution in [2.75, 3.05) is 13.2 Å². The lowest BCUT2D eigenvalue weighted by atomic mass is 10.2. The van der Waals surface area contributed by atoms with E-state index in [0.717, 1.165) is 11.4 Å². The molecule has 74 valence electrons. The average molecular weight is 209 g/mol. The smallest absolute Gasteiger partial charge is 0.0575 e. The summed E-state index contributed by atoms with van der Waals surface area (Å²) in [5.41, 5.74) is 1.23. The molecule has 0 unspecified atom stereocenters. The second-order valence-electron chi connectivity index (χ2n) is 2.94. The normalized spacial score (nSPS) is 9.71. The van der Waals surface area contributed by atoms with E-state index >= 15 is 0 Å². The number of benzene rings is 1. The predicted octanol–water partition coefficient (Wildman–Crippen LogP) is 2.92. The molecule has 0 fully saturated rings. The van der Waals surface area contributed by atoms with Gasteiger partial charge >= 0.3 is 0 Å². The van der Waals surface area contributed by atoms with E-state index in [0.29, 0.717) is 19.6 Å². The van der Waals surface area contributed by atoms with Gasteiger partial charge in [0.25, 0.3) is 0 Å². The Kier molecular flexibility index (Phi) is 5.14. The first-order valence-electron chi connectivity index (χ1n) is 4.58. The molecule has 0 aliphatic rings. The second kappa shape index (κ2) is 6.48. The van der Waals surface area contributed by atoms with Crippen molar-refractivity contribution in [3.05, 3.63) is 34.9 Å². The Morgan fingerprint density at radius 2 is 1.93 bits per heavy atom. The Bertz CT molecular complexity index is 297. The predicted molar refractivity (Wildman–Crippen MR) is 59.4 cm³/mol. The van der Waals surface area contributed by atoms with E-state index in [1.807, 2.05) is 24.3 Å². The van der Waals surface area contributed by atoms with Crippen LogP contribution in [0.5, 0.6) is 0 Å². The molecule has 1 rings (SSSR count). The molecule has 0 spiro atoms. The number of hydrogen-bond donors (Lipinski definition) is 0. The molecule has 2 heteroatoms. The Morgan fingerprint density at radius 1 is 1.21 bits per heavy atom. The summed E-state index contributed by atoms with van der Waals surface area (Å²) in [5.74, 6) is 2.53. The van der Waals surface area contributed by atoms with Gasteiger partial charge in [0.1, 0.15) is 0 Å². The Morgan fingerprint density at radius 3 is 2.57 bits per heavy atom. The topological polar surface area (TPSA) is 9.23 Å². The maximum absolute atomic E-state index is 5.76. The lowest BCUT2D eigenvalue weighted by molar-refractivity contribution is 0.143. The van der Waals surface area contributed by atoms with E-state index in [9.17, 15) is 0 Å². The van der Waals surface area contributed by atoms with Gasteiger partial charge in [0.2, 0.25) is 0 Å². The third-order valence-corrected chi connectivity index (χ3v) is 2.09. The summed E-state index contributed by atoms with van der Waals surface area (Å²) in [6.07, 6.45) is 6.68. The first kappa shape index (κ1) is 11.1. The highest BCUT2D eigenvalue weighted by Gasteiger charge is 1.93. The molecule has 0 aromatic heterocycles. The minimum atomic E-state index is 0.643. The van der Waals surface area contributed by atoms with Gasteiger partial charge in [0, 0.05) is 11.4 Å². The van der Waals surface area contributed by atoms with Crippen LogP contribution in [0.2, 0.25) is 5.02 Å². The van der Waals surface area contributed by atoms with E-state index in [-0.39, 0.29) is 0 Å². The van der Waals surface area contributed by atoms with Gasteiger partial charge < -0.3 is 4.74 Å². The molecule has 0 amide bonds. The maximum atomic E-state index is 5.76. The van der Waals surface area contributed by atoms with E-state index in [1.54, 1.807) is 0 Å². The first-order valence-corrected chi connectivity index (χ1v) is 4.96. The number of ether oxygens (including phenoxy) is 1. The van der Waals surface area contributed by atoms with Gasteiger partial charge in [0.15, 0.2) is 0 Å². The fourth-order valence-electron chi connectivity index (χ4n) is 1.07. The third-order valence-electron chi connectivity index (χ3n) is 1.84. The summed E-state index contributed by atoms with van der Waals surface area (Å²) in [6.45, 7) is 1.35. The summed E-state index contributed by atoms with van der Waals surface area (Å²) in [6, 6.07) is 7.79. The average Bonchev–Trinajstić information content (AvgIpc) is 2.21. The van der Waals surface area contributed by atoms with Gasteiger partial charge in [-0.05, 0) is 24.1 Å². The monoisotopic (exact) mass is 208 g/mol. The van der Waals surface area contributed by atoms with Crippen LogP contribution in [-0.4, -0.2) is 13.2 Å². The van der Waals surface area contributed by atoms with Gasteiger partial charge in [-0.1, -0.05) is 23.7 Å². The molecule has 1 aromatic rings. The van der Waals surface area contributed by atoms with Crippen molar-refractivity contribution >= 4 is 11.6 Å². The molecule has 0 radical (unpaired) electrons. The second-order valence-corrected chi connectivity index (χ2v) is 3.38. The molecular formula is C12H13ClO. The molecule has 1 aromatic carbocycles. The van der Waals surface area contributed by atoms with Crippen LogP contribution in [0.3, 0.4) is 0 Å². The minimum Gasteiger partial charge on any atom is -0.380 e. The molecule has 1 nitrogen and oxygen atoms in total. The Hall–Kier alpha value is -0.970. The SMILES string of the molecule is C#CCCOCCc1ccc(Cl)cc1. The largest absolute Gasteiger partial charge is 0.380 e. The summed E-state index contributed by atoms with van der Waals surface area (Å²) in [7, 11) is 0. The molecule has 0 heterocycles. The number of terminal acetylenes is 1. The fourth-order valence-corrected chi connectivity index (χ4v) is 1.20. The Labute approximate surface area is 90.0 Å². The van der Waals surface area contributed by atoms with Crippen molar-refractivity contribution in [2.24, 2.45) is 0 Å². The molecule has 0 atom stereocenters. The summed E-state index contributed by atoms with van der Waals surface area (Å²) < 4.78 is 5.33. The van der Waals surface area contributed by atoms with Crippen molar-refractivity contribution in [3.8, 4) is 12.3 Å². The van der Waals surface area contributed by atoms with Crippen LogP contribution < -0.4 is 0 Å². The van der Waals surface area contributed by atoms with Crippen LogP contribution in [0.25, 0.3) is 0 Å². The van der Waals surface area contributed by atoms with Crippen LogP contribution in [-0.2, 0) is 11.2 Å². The van der Waals surface area contributed by atoms with Crippen LogP contribution >= 0.6 is 11.6 Å². The number of halogens is 1. The first-order chi connectivity index (χ1) is 6.83. The third kappa shape index (κ3) is 4.32. The van der Waals surface area contributed by atoms with Gasteiger partial charge in [-0.2, -0.15) is 0 Å². The molecule has 0 saturated heterocycles. The summed E-state index contributed by atoms with van der Waals surface area (Å²) in [5, 5.41) is 0.766. The molecule has 14 heavy (non-hydrogen) atoms. The van der Waals surface area contributed by atoms with Gasteiger partial charge in [-0.25, -0.2) is 0 Å². The highest BCUT2D eigenvalue weighted by Crippen LogP contribution is 2.09. The molecule has 0 saturated carbocycles. The quantitative estimate of drug-likeness (QED) is 0.534.